The average molecular weight is 197 g/mol. The van der Waals surface area contributed by atoms with Crippen molar-refractivity contribution in [3.8, 4) is 5.75 Å². The van der Waals surface area contributed by atoms with Crippen LogP contribution in [0.5, 0.6) is 5.75 Å². The van der Waals surface area contributed by atoms with Gasteiger partial charge in [-0.15, -0.1) is 11.3 Å². The zero-order valence-corrected chi connectivity index (χ0v) is 8.69. The van der Waals surface area contributed by atoms with Crippen molar-refractivity contribution >= 4 is 11.3 Å². The fraction of sp³-hybridized carbons (Fsp3) is 0.600. The second kappa shape index (κ2) is 4.11. The minimum Gasteiger partial charge on any atom is -0.489 e. The summed E-state index contributed by atoms with van der Waals surface area (Å²) in [4.78, 5) is 0. The first-order valence-electron chi connectivity index (χ1n) is 4.76. The van der Waals surface area contributed by atoms with E-state index >= 15 is 0 Å². The van der Waals surface area contributed by atoms with E-state index in [0.29, 0.717) is 6.10 Å². The van der Waals surface area contributed by atoms with E-state index in [4.69, 9.17) is 4.74 Å². The molecule has 1 fully saturated rings. The SMILES string of the molecule is Cc1cscc1OC1CCNCC1. The topological polar surface area (TPSA) is 21.3 Å². The summed E-state index contributed by atoms with van der Waals surface area (Å²) in [5.41, 5.74) is 1.27. The smallest absolute Gasteiger partial charge is 0.133 e. The number of thiophene rings is 1. The van der Waals surface area contributed by atoms with Crippen LogP contribution in [0.1, 0.15) is 18.4 Å². The van der Waals surface area contributed by atoms with Crippen LogP contribution in [0.3, 0.4) is 0 Å². The van der Waals surface area contributed by atoms with Gasteiger partial charge in [0.1, 0.15) is 11.9 Å². The highest BCUT2D eigenvalue weighted by Crippen LogP contribution is 2.24. The first-order chi connectivity index (χ1) is 6.36. The van der Waals surface area contributed by atoms with E-state index in [1.165, 1.54) is 5.56 Å². The molecule has 2 rings (SSSR count). The van der Waals surface area contributed by atoms with Crippen LogP contribution in [-0.4, -0.2) is 19.2 Å². The van der Waals surface area contributed by atoms with Gasteiger partial charge < -0.3 is 10.1 Å². The molecule has 2 heterocycles. The van der Waals surface area contributed by atoms with E-state index in [2.05, 4.69) is 23.0 Å². The van der Waals surface area contributed by atoms with E-state index in [0.717, 1.165) is 31.7 Å². The summed E-state index contributed by atoms with van der Waals surface area (Å²) in [7, 11) is 0. The van der Waals surface area contributed by atoms with Gasteiger partial charge in [-0.3, -0.25) is 0 Å². The van der Waals surface area contributed by atoms with Gasteiger partial charge in [0.2, 0.25) is 0 Å². The Bertz CT molecular complexity index is 266. The van der Waals surface area contributed by atoms with Crippen molar-refractivity contribution in [2.75, 3.05) is 13.1 Å². The lowest BCUT2D eigenvalue weighted by atomic mass is 10.1. The molecule has 0 aliphatic carbocycles. The van der Waals surface area contributed by atoms with Crippen LogP contribution in [0, 0.1) is 6.92 Å². The molecular formula is C10H15NOS. The van der Waals surface area contributed by atoms with Gasteiger partial charge in [0.25, 0.3) is 0 Å². The molecule has 2 nitrogen and oxygen atoms in total. The summed E-state index contributed by atoms with van der Waals surface area (Å²) < 4.78 is 5.90. The Morgan fingerprint density at radius 2 is 2.15 bits per heavy atom. The molecule has 72 valence electrons. The summed E-state index contributed by atoms with van der Waals surface area (Å²) in [5.74, 6) is 1.08. The number of ether oxygens (including phenoxy) is 1. The van der Waals surface area contributed by atoms with Crippen LogP contribution in [0.15, 0.2) is 10.8 Å². The van der Waals surface area contributed by atoms with Gasteiger partial charge in [0.15, 0.2) is 0 Å². The molecule has 1 N–H and O–H groups in total. The van der Waals surface area contributed by atoms with E-state index in [9.17, 15) is 0 Å². The summed E-state index contributed by atoms with van der Waals surface area (Å²) in [6.07, 6.45) is 2.69. The van der Waals surface area contributed by atoms with Gasteiger partial charge in [0.05, 0.1) is 0 Å². The van der Waals surface area contributed by atoms with Crippen LogP contribution in [0.2, 0.25) is 0 Å². The van der Waals surface area contributed by atoms with Crippen LogP contribution in [-0.2, 0) is 0 Å². The quantitative estimate of drug-likeness (QED) is 0.784. The van der Waals surface area contributed by atoms with Crippen LogP contribution >= 0.6 is 11.3 Å². The normalized spacial score (nSPS) is 18.8. The van der Waals surface area contributed by atoms with Crippen molar-refractivity contribution in [1.29, 1.82) is 0 Å². The Labute approximate surface area is 82.9 Å². The maximum atomic E-state index is 5.90. The van der Waals surface area contributed by atoms with Gasteiger partial charge in [-0.2, -0.15) is 0 Å². The van der Waals surface area contributed by atoms with Crippen molar-refractivity contribution in [1.82, 2.24) is 5.32 Å². The molecule has 0 atom stereocenters. The fourth-order valence-corrected chi connectivity index (χ4v) is 2.32. The van der Waals surface area contributed by atoms with E-state index in [-0.39, 0.29) is 0 Å². The molecule has 0 saturated carbocycles. The predicted octanol–water partition coefficient (Wildman–Crippen LogP) is 2.19. The Morgan fingerprint density at radius 1 is 1.38 bits per heavy atom. The highest BCUT2D eigenvalue weighted by molar-refractivity contribution is 7.08. The fourth-order valence-electron chi connectivity index (χ4n) is 1.56. The van der Waals surface area contributed by atoms with E-state index in [1.807, 2.05) is 0 Å². The Morgan fingerprint density at radius 3 is 2.77 bits per heavy atom. The summed E-state index contributed by atoms with van der Waals surface area (Å²) in [6.45, 7) is 4.29. The van der Waals surface area contributed by atoms with E-state index in [1.54, 1.807) is 11.3 Å². The first-order valence-corrected chi connectivity index (χ1v) is 5.70. The molecular weight excluding hydrogens is 182 g/mol. The minimum atomic E-state index is 0.426. The summed E-state index contributed by atoms with van der Waals surface area (Å²) in [6, 6.07) is 0. The molecule has 1 aliphatic heterocycles. The molecule has 0 unspecified atom stereocenters. The molecule has 0 bridgehead atoms. The van der Waals surface area contributed by atoms with Gasteiger partial charge in [-0.1, -0.05) is 0 Å². The van der Waals surface area contributed by atoms with Crippen LogP contribution in [0.25, 0.3) is 0 Å². The van der Waals surface area contributed by atoms with Gasteiger partial charge in [-0.25, -0.2) is 0 Å². The van der Waals surface area contributed by atoms with Crippen molar-refractivity contribution < 1.29 is 4.74 Å². The number of piperidine rings is 1. The van der Waals surface area contributed by atoms with Crippen molar-refractivity contribution in [3.63, 3.8) is 0 Å². The van der Waals surface area contributed by atoms with Gasteiger partial charge in [-0.05, 0) is 38.2 Å². The standard InChI is InChI=1S/C10H15NOS/c1-8-6-13-7-10(8)12-9-2-4-11-5-3-9/h6-7,9,11H,2-5H2,1H3. The molecule has 13 heavy (non-hydrogen) atoms. The maximum Gasteiger partial charge on any atom is 0.133 e. The molecule has 0 amide bonds. The molecule has 0 radical (unpaired) electrons. The van der Waals surface area contributed by atoms with Crippen molar-refractivity contribution in [3.05, 3.63) is 16.3 Å². The summed E-state index contributed by atoms with van der Waals surface area (Å²) >= 11 is 1.71. The Kier molecular flexibility index (Phi) is 2.86. The van der Waals surface area contributed by atoms with Crippen LogP contribution in [0.4, 0.5) is 0 Å². The minimum absolute atomic E-state index is 0.426. The molecule has 3 heteroatoms. The van der Waals surface area contributed by atoms with Crippen molar-refractivity contribution in [2.24, 2.45) is 0 Å². The zero-order chi connectivity index (χ0) is 9.10. The molecule has 1 aliphatic rings. The first kappa shape index (κ1) is 9.03. The number of hydrogen-bond acceptors (Lipinski definition) is 3. The van der Waals surface area contributed by atoms with E-state index < -0.39 is 0 Å². The largest absolute Gasteiger partial charge is 0.489 e. The van der Waals surface area contributed by atoms with Crippen molar-refractivity contribution in [2.45, 2.75) is 25.9 Å². The lowest BCUT2D eigenvalue weighted by Crippen LogP contribution is -2.34. The second-order valence-corrected chi connectivity index (χ2v) is 4.23. The second-order valence-electron chi connectivity index (χ2n) is 3.49. The Balaban J connectivity index is 1.93. The highest BCUT2D eigenvalue weighted by Gasteiger charge is 2.15. The summed E-state index contributed by atoms with van der Waals surface area (Å²) in [5, 5.41) is 7.56. The highest BCUT2D eigenvalue weighted by atomic mass is 32.1. The monoisotopic (exact) mass is 197 g/mol. The maximum absolute atomic E-state index is 5.90. The third kappa shape index (κ3) is 2.23. The number of rotatable bonds is 2. The predicted molar refractivity (Wildman–Crippen MR) is 55.6 cm³/mol. The van der Waals surface area contributed by atoms with Gasteiger partial charge in [0, 0.05) is 10.9 Å². The molecule has 1 aromatic rings. The zero-order valence-electron chi connectivity index (χ0n) is 7.88. The third-order valence-electron chi connectivity index (χ3n) is 2.39. The van der Waals surface area contributed by atoms with Gasteiger partial charge >= 0.3 is 0 Å². The molecule has 0 spiro atoms. The Hall–Kier alpha value is -0.540. The molecule has 1 aromatic heterocycles. The number of nitrogens with one attached hydrogen (secondary N) is 1. The average Bonchev–Trinajstić information content (AvgIpc) is 2.54. The molecule has 0 aromatic carbocycles. The number of hydrogen-bond donors (Lipinski definition) is 1. The lowest BCUT2D eigenvalue weighted by Gasteiger charge is -2.23. The number of aryl methyl sites for hydroxylation is 1. The van der Waals surface area contributed by atoms with Crippen LogP contribution < -0.4 is 10.1 Å². The third-order valence-corrected chi connectivity index (χ3v) is 3.23. The molecule has 1 saturated heterocycles. The lowest BCUT2D eigenvalue weighted by molar-refractivity contribution is 0.162.